The van der Waals surface area contributed by atoms with Gasteiger partial charge in [-0.05, 0) is 77.3 Å². The summed E-state index contributed by atoms with van der Waals surface area (Å²) >= 11 is 5.82. The summed E-state index contributed by atoms with van der Waals surface area (Å²) in [5, 5.41) is 2.25. The van der Waals surface area contributed by atoms with Crippen molar-refractivity contribution in [3.63, 3.8) is 0 Å². The molecule has 0 amide bonds. The molecule has 0 unspecified atom stereocenters. The Labute approximate surface area is 361 Å². The smallest absolute Gasteiger partial charge is 0.256 e. The molecule has 0 saturated heterocycles. The Morgan fingerprint density at radius 3 is 1.51 bits per heavy atom. The molecule has 3 aromatic heterocycles. The molecule has 0 aliphatic rings. The normalized spacial score (nSPS) is 12.4. The van der Waals surface area contributed by atoms with E-state index in [1.165, 1.54) is 42.8 Å². The Morgan fingerprint density at radius 2 is 1.05 bits per heavy atom. The van der Waals surface area contributed by atoms with Crippen LogP contribution < -0.4 is 8.61 Å². The van der Waals surface area contributed by atoms with Crippen molar-refractivity contribution in [2.75, 3.05) is 20.1 Å². The van der Waals surface area contributed by atoms with Gasteiger partial charge in [0.1, 0.15) is 28.0 Å². The van der Waals surface area contributed by atoms with E-state index in [1.807, 2.05) is 36.4 Å². The van der Waals surface area contributed by atoms with Crippen LogP contribution in [0.4, 0.5) is 45.1 Å². The molecule has 0 spiro atoms. The van der Waals surface area contributed by atoms with Crippen LogP contribution in [0.2, 0.25) is 0 Å². The van der Waals surface area contributed by atoms with Crippen LogP contribution in [0.3, 0.4) is 0 Å². The number of hydrogen-bond donors (Lipinski definition) is 0. The first-order chi connectivity index (χ1) is 28.7. The van der Waals surface area contributed by atoms with Gasteiger partial charge in [0.2, 0.25) is 20.0 Å². The van der Waals surface area contributed by atoms with Crippen molar-refractivity contribution < 1.29 is 52.0 Å². The van der Waals surface area contributed by atoms with E-state index in [0.717, 1.165) is 40.9 Å². The number of fused-ring (bicyclic) bond motifs is 2. The van der Waals surface area contributed by atoms with Crippen LogP contribution in [0.25, 0.3) is 31.3 Å². The number of sulfonamides is 2. The molecule has 8 nitrogen and oxygen atoms in total. The van der Waals surface area contributed by atoms with Gasteiger partial charge in [0.25, 0.3) is 0 Å². The molecule has 0 bridgehead atoms. The number of halogens is 9. The van der Waals surface area contributed by atoms with Gasteiger partial charge in [-0.15, -0.1) is 22.7 Å². The SMILES string of the molecule is CCS(=O)(=O)N(Cc1ccc(F)c(C(F)(F)F)c1)c1sc2ccccc2c1-c1cncnc1.CCS(=O)(=O)N(Cc1ccc(F)c(C(F)(F)F)c1)c1sc2ccccc2c1Br. The lowest BCUT2D eigenvalue weighted by molar-refractivity contribution is -0.140. The molecule has 0 aliphatic heterocycles. The number of thiophene rings is 2. The Morgan fingerprint density at radius 1 is 0.623 bits per heavy atom. The molecule has 7 rings (SSSR count). The molecular weight excluding hydrogens is 961 g/mol. The highest BCUT2D eigenvalue weighted by atomic mass is 79.9. The van der Waals surface area contributed by atoms with Crippen molar-refractivity contribution in [1.29, 1.82) is 0 Å². The number of anilines is 2. The highest BCUT2D eigenvalue weighted by Gasteiger charge is 2.36. The summed E-state index contributed by atoms with van der Waals surface area (Å²) < 4.78 is 162. The summed E-state index contributed by atoms with van der Waals surface area (Å²) in [4.78, 5) is 8.04. The second kappa shape index (κ2) is 18.0. The molecule has 0 radical (unpaired) electrons. The topological polar surface area (TPSA) is 101 Å². The fraction of sp³-hybridized carbons (Fsp3) is 0.200. The number of aromatic nitrogens is 2. The summed E-state index contributed by atoms with van der Waals surface area (Å²) in [5.41, 5.74) is -1.69. The van der Waals surface area contributed by atoms with Gasteiger partial charge in [-0.3, -0.25) is 8.61 Å². The third kappa shape index (κ3) is 10.0. The summed E-state index contributed by atoms with van der Waals surface area (Å²) in [5.74, 6) is -3.33. The summed E-state index contributed by atoms with van der Waals surface area (Å²) in [7, 11) is -7.72. The third-order valence-corrected chi connectivity index (χ3v) is 16.2. The van der Waals surface area contributed by atoms with Crippen LogP contribution in [0.5, 0.6) is 0 Å². The van der Waals surface area contributed by atoms with E-state index in [4.69, 9.17) is 0 Å². The molecule has 322 valence electrons. The molecule has 0 fully saturated rings. The van der Waals surface area contributed by atoms with Crippen molar-refractivity contribution in [3.8, 4) is 11.1 Å². The van der Waals surface area contributed by atoms with Gasteiger partial charge < -0.3 is 0 Å². The van der Waals surface area contributed by atoms with Gasteiger partial charge in [-0.2, -0.15) is 26.3 Å². The van der Waals surface area contributed by atoms with Crippen molar-refractivity contribution >= 4 is 88.8 Å². The van der Waals surface area contributed by atoms with E-state index >= 15 is 0 Å². The molecule has 0 N–H and O–H groups in total. The molecule has 61 heavy (non-hydrogen) atoms. The maximum atomic E-state index is 13.8. The Hall–Kier alpha value is -4.70. The average molecular weight is 992 g/mol. The van der Waals surface area contributed by atoms with E-state index in [2.05, 4.69) is 25.9 Å². The van der Waals surface area contributed by atoms with Crippen molar-refractivity contribution in [1.82, 2.24) is 9.97 Å². The maximum absolute atomic E-state index is 13.8. The van der Waals surface area contributed by atoms with Gasteiger partial charge in [0.15, 0.2) is 0 Å². The minimum absolute atomic E-state index is 0.00784. The van der Waals surface area contributed by atoms with Crippen LogP contribution >= 0.6 is 38.6 Å². The molecule has 4 aromatic carbocycles. The molecule has 0 saturated carbocycles. The summed E-state index contributed by atoms with van der Waals surface area (Å²) in [6.45, 7) is 2.17. The van der Waals surface area contributed by atoms with Gasteiger partial charge in [-0.25, -0.2) is 35.6 Å². The predicted octanol–water partition coefficient (Wildman–Crippen LogP) is 12.1. The van der Waals surface area contributed by atoms with Crippen molar-refractivity contribution in [2.45, 2.75) is 39.3 Å². The first-order valence-electron chi connectivity index (χ1n) is 17.8. The zero-order valence-electron chi connectivity index (χ0n) is 31.6. The second-order valence-electron chi connectivity index (χ2n) is 13.1. The first kappa shape index (κ1) is 45.8. The predicted molar refractivity (Wildman–Crippen MR) is 226 cm³/mol. The van der Waals surface area contributed by atoms with Crippen molar-refractivity contribution in [2.24, 2.45) is 0 Å². The lowest BCUT2D eigenvalue weighted by Gasteiger charge is -2.24. The Bertz CT molecular complexity index is 2930. The summed E-state index contributed by atoms with van der Waals surface area (Å²) in [6.07, 6.45) is -5.34. The zero-order valence-corrected chi connectivity index (χ0v) is 36.5. The number of hydrogen-bond acceptors (Lipinski definition) is 8. The van der Waals surface area contributed by atoms with E-state index < -0.39 is 61.7 Å². The minimum Gasteiger partial charge on any atom is -0.256 e. The highest BCUT2D eigenvalue weighted by molar-refractivity contribution is 9.10. The monoisotopic (exact) mass is 990 g/mol. The molecule has 0 aliphatic carbocycles. The molecule has 21 heteroatoms. The first-order valence-corrected chi connectivity index (χ1v) is 23.5. The van der Waals surface area contributed by atoms with E-state index in [-0.39, 0.29) is 29.2 Å². The van der Waals surface area contributed by atoms with Gasteiger partial charge in [0, 0.05) is 43.7 Å². The quantitative estimate of drug-likeness (QED) is 0.120. The Kier molecular flexibility index (Phi) is 13.5. The average Bonchev–Trinajstić information content (AvgIpc) is 3.77. The molecule has 3 heterocycles. The van der Waals surface area contributed by atoms with Crippen LogP contribution in [0, 0.1) is 11.6 Å². The van der Waals surface area contributed by atoms with Gasteiger partial charge in [0.05, 0.1) is 40.2 Å². The fourth-order valence-electron chi connectivity index (χ4n) is 6.09. The largest absolute Gasteiger partial charge is 0.419 e. The molecule has 7 aromatic rings. The zero-order chi connectivity index (χ0) is 44.5. The van der Waals surface area contributed by atoms with E-state index in [1.54, 1.807) is 24.5 Å². The second-order valence-corrected chi connectivity index (χ2v) is 20.3. The number of alkyl halides is 6. The summed E-state index contributed by atoms with van der Waals surface area (Å²) in [6, 6.07) is 19.5. The number of nitrogens with zero attached hydrogens (tertiary/aromatic N) is 4. The maximum Gasteiger partial charge on any atom is 0.419 e. The van der Waals surface area contributed by atoms with E-state index in [0.29, 0.717) is 49.9 Å². The Balaban J connectivity index is 0.000000207. The van der Waals surface area contributed by atoms with Crippen LogP contribution in [0.1, 0.15) is 36.1 Å². The molecular formula is C40H31BrF8N4O4S4. The lowest BCUT2D eigenvalue weighted by Crippen LogP contribution is -2.31. The van der Waals surface area contributed by atoms with Crippen LogP contribution in [-0.4, -0.2) is 38.3 Å². The van der Waals surface area contributed by atoms with Gasteiger partial charge in [-0.1, -0.05) is 48.5 Å². The number of rotatable bonds is 11. The highest BCUT2D eigenvalue weighted by Crippen LogP contribution is 2.47. The third-order valence-electron chi connectivity index (χ3n) is 9.12. The minimum atomic E-state index is -4.90. The van der Waals surface area contributed by atoms with Crippen molar-refractivity contribution in [3.05, 3.63) is 142 Å². The lowest BCUT2D eigenvalue weighted by atomic mass is 10.1. The molecule has 0 atom stereocenters. The van der Waals surface area contributed by atoms with Crippen LogP contribution in [-0.2, 0) is 45.5 Å². The number of benzene rings is 4. The van der Waals surface area contributed by atoms with Gasteiger partial charge >= 0.3 is 12.4 Å². The standard InChI is InChI=1S/C22H17F4N3O2S2.C18H14BrF4NO2S2/c1-2-33(30,31)29(12-14-7-8-18(23)17(9-14)22(24,25)26)21-20(15-10-27-13-28-11-15)16-5-3-4-6-19(16)32-21;1-2-28(25,26)24(17-16(19)12-5-3-4-6-15(12)27-17)10-11-7-8-14(20)13(9-11)18(21,22)23/h3-11,13H,2,12H2,1H3;3-9H,2,10H2,1H3. The van der Waals surface area contributed by atoms with Crippen LogP contribution in [0.15, 0.2) is 108 Å². The fourth-order valence-corrected chi connectivity index (χ4v) is 12.2. The van der Waals surface area contributed by atoms with E-state index in [9.17, 15) is 52.0 Å².